The highest BCUT2D eigenvalue weighted by Gasteiger charge is 2.56. The van der Waals surface area contributed by atoms with Crippen molar-refractivity contribution < 1.29 is 41.7 Å². The second-order valence-electron chi connectivity index (χ2n) is 9.95. The van der Waals surface area contributed by atoms with Crippen molar-refractivity contribution >= 4 is 11.7 Å². The van der Waals surface area contributed by atoms with E-state index in [1.807, 2.05) is 6.92 Å². The molecule has 12 heteroatoms. The number of primary amides is 1. The predicted molar refractivity (Wildman–Crippen MR) is 143 cm³/mol. The van der Waals surface area contributed by atoms with Crippen LogP contribution in [0.25, 0.3) is 11.3 Å². The standard InChI is InChI=1S/C29H31F4N3O5/c1-17-4-6-18(7-5-17)21-13-20(27(2,35)16-30)14-25(36-21)28(39,29(31,32)33)11-10-22(37)19-8-9-23(24(12-19)40-3)41-15-26(34)38/h4-9,12-14,39H,10-11,15-16,35H2,1-3H3,(H2,34,38)/t27?,28-/m1/s1. The first-order valence-electron chi connectivity index (χ1n) is 12.5. The molecule has 0 saturated heterocycles. The Morgan fingerprint density at radius 2 is 1.68 bits per heavy atom. The summed E-state index contributed by atoms with van der Waals surface area (Å²) in [6, 6.07) is 12.9. The van der Waals surface area contributed by atoms with Crippen LogP contribution in [0.15, 0.2) is 54.6 Å². The van der Waals surface area contributed by atoms with E-state index in [1.54, 1.807) is 24.3 Å². The Morgan fingerprint density at radius 1 is 1.02 bits per heavy atom. The smallest absolute Gasteiger partial charge is 0.422 e. The number of amides is 1. The minimum Gasteiger partial charge on any atom is -0.493 e. The lowest BCUT2D eigenvalue weighted by atomic mass is 9.86. The second kappa shape index (κ2) is 12.2. The van der Waals surface area contributed by atoms with E-state index in [0.29, 0.717) is 5.56 Å². The number of aryl methyl sites for hydroxylation is 1. The van der Waals surface area contributed by atoms with Crippen molar-refractivity contribution in [3.8, 4) is 22.8 Å². The lowest BCUT2D eigenvalue weighted by Crippen LogP contribution is -2.44. The summed E-state index contributed by atoms with van der Waals surface area (Å²) in [7, 11) is 1.27. The fraction of sp³-hybridized carbons (Fsp3) is 0.345. The third-order valence-electron chi connectivity index (χ3n) is 6.57. The maximum atomic E-state index is 14.5. The molecule has 3 rings (SSSR count). The predicted octanol–water partition coefficient (Wildman–Crippen LogP) is 4.49. The van der Waals surface area contributed by atoms with Gasteiger partial charge in [-0.2, -0.15) is 13.2 Å². The van der Waals surface area contributed by atoms with Gasteiger partial charge in [-0.3, -0.25) is 9.59 Å². The number of Topliss-reactive ketones (excluding diaryl/α,β-unsaturated/α-hetero) is 1. The van der Waals surface area contributed by atoms with Crippen LogP contribution in [0.3, 0.4) is 0 Å². The molecule has 0 radical (unpaired) electrons. The van der Waals surface area contributed by atoms with E-state index >= 15 is 0 Å². The normalized spacial score (nSPS) is 14.6. The van der Waals surface area contributed by atoms with Gasteiger partial charge in [0.25, 0.3) is 5.91 Å². The lowest BCUT2D eigenvalue weighted by Gasteiger charge is -2.32. The first-order valence-corrected chi connectivity index (χ1v) is 12.5. The molecule has 2 atom stereocenters. The summed E-state index contributed by atoms with van der Waals surface area (Å²) < 4.78 is 67.6. The molecule has 220 valence electrons. The van der Waals surface area contributed by atoms with Gasteiger partial charge >= 0.3 is 6.18 Å². The van der Waals surface area contributed by atoms with Crippen LogP contribution in [0, 0.1) is 6.92 Å². The van der Waals surface area contributed by atoms with E-state index in [1.165, 1.54) is 38.3 Å². The average Bonchev–Trinajstić information content (AvgIpc) is 2.93. The van der Waals surface area contributed by atoms with Gasteiger partial charge in [0.15, 0.2) is 23.9 Å². The molecule has 0 saturated carbocycles. The monoisotopic (exact) mass is 577 g/mol. The zero-order valence-corrected chi connectivity index (χ0v) is 22.7. The Kier molecular flexibility index (Phi) is 9.40. The number of ether oxygens (including phenoxy) is 2. The number of aliphatic hydroxyl groups is 1. The first-order chi connectivity index (χ1) is 19.1. The molecular weight excluding hydrogens is 546 g/mol. The molecule has 3 aromatic rings. The summed E-state index contributed by atoms with van der Waals surface area (Å²) >= 11 is 0. The van der Waals surface area contributed by atoms with Crippen LogP contribution < -0.4 is 20.9 Å². The molecule has 1 amide bonds. The molecule has 1 unspecified atom stereocenters. The Balaban J connectivity index is 2.01. The van der Waals surface area contributed by atoms with Gasteiger partial charge in [-0.15, -0.1) is 0 Å². The lowest BCUT2D eigenvalue weighted by molar-refractivity contribution is -0.270. The molecule has 41 heavy (non-hydrogen) atoms. The average molecular weight is 578 g/mol. The molecule has 5 N–H and O–H groups in total. The molecule has 0 aliphatic rings. The summed E-state index contributed by atoms with van der Waals surface area (Å²) in [6.45, 7) is 1.60. The van der Waals surface area contributed by atoms with Crippen molar-refractivity contribution in [3.05, 3.63) is 77.0 Å². The third kappa shape index (κ3) is 7.19. The van der Waals surface area contributed by atoms with Crippen LogP contribution in [-0.4, -0.2) is 48.3 Å². The van der Waals surface area contributed by atoms with E-state index in [2.05, 4.69) is 4.98 Å². The number of halogens is 4. The van der Waals surface area contributed by atoms with E-state index in [-0.39, 0.29) is 28.3 Å². The highest BCUT2D eigenvalue weighted by Crippen LogP contribution is 2.43. The topological polar surface area (TPSA) is 138 Å². The van der Waals surface area contributed by atoms with Crippen LogP contribution in [-0.2, 0) is 15.9 Å². The maximum Gasteiger partial charge on any atom is 0.422 e. The van der Waals surface area contributed by atoms with Gasteiger partial charge in [-0.05, 0) is 56.2 Å². The third-order valence-corrected chi connectivity index (χ3v) is 6.57. The van der Waals surface area contributed by atoms with E-state index in [0.717, 1.165) is 11.6 Å². The quantitative estimate of drug-likeness (QED) is 0.213. The summed E-state index contributed by atoms with van der Waals surface area (Å²) in [5, 5.41) is 11.1. The number of pyridine rings is 1. The molecule has 0 aliphatic heterocycles. The number of nitrogens with zero attached hydrogens (tertiary/aromatic N) is 1. The second-order valence-corrected chi connectivity index (χ2v) is 9.95. The number of alkyl halides is 4. The molecule has 0 spiro atoms. The van der Waals surface area contributed by atoms with Gasteiger partial charge in [0.2, 0.25) is 5.60 Å². The van der Waals surface area contributed by atoms with Crippen molar-refractivity contribution in [3.63, 3.8) is 0 Å². The maximum absolute atomic E-state index is 14.5. The number of benzene rings is 2. The number of carbonyl (C=O) groups is 2. The summed E-state index contributed by atoms with van der Waals surface area (Å²) in [5.41, 5.74) is 6.38. The fourth-order valence-electron chi connectivity index (χ4n) is 3.98. The molecule has 0 bridgehead atoms. The minimum atomic E-state index is -5.26. The van der Waals surface area contributed by atoms with E-state index < -0.39 is 60.8 Å². The highest BCUT2D eigenvalue weighted by atomic mass is 19.4. The van der Waals surface area contributed by atoms with Gasteiger partial charge in [0, 0.05) is 17.5 Å². The van der Waals surface area contributed by atoms with Crippen LogP contribution in [0.2, 0.25) is 0 Å². The van der Waals surface area contributed by atoms with Crippen molar-refractivity contribution in [2.75, 3.05) is 20.4 Å². The number of hydrogen-bond acceptors (Lipinski definition) is 7. The van der Waals surface area contributed by atoms with E-state index in [4.69, 9.17) is 20.9 Å². The fourth-order valence-corrected chi connectivity index (χ4v) is 3.98. The van der Waals surface area contributed by atoms with Gasteiger partial charge in [-0.1, -0.05) is 29.8 Å². The molecule has 0 fully saturated rings. The van der Waals surface area contributed by atoms with Crippen LogP contribution >= 0.6 is 0 Å². The summed E-state index contributed by atoms with van der Waals surface area (Å²) in [5.74, 6) is -1.34. The van der Waals surface area contributed by atoms with Gasteiger partial charge in [-0.25, -0.2) is 9.37 Å². The highest BCUT2D eigenvalue weighted by molar-refractivity contribution is 5.96. The van der Waals surface area contributed by atoms with Crippen molar-refractivity contribution in [1.82, 2.24) is 4.98 Å². The molecule has 1 heterocycles. The van der Waals surface area contributed by atoms with Gasteiger partial charge in [0.05, 0.1) is 24.0 Å². The number of nitrogens with two attached hydrogens (primary N) is 2. The zero-order chi connectivity index (χ0) is 30.6. The Bertz CT molecular complexity index is 1410. The van der Waals surface area contributed by atoms with Crippen molar-refractivity contribution in [2.24, 2.45) is 11.5 Å². The molecule has 0 aliphatic carbocycles. The summed E-state index contributed by atoms with van der Waals surface area (Å²) in [4.78, 5) is 28.0. The van der Waals surface area contributed by atoms with Crippen LogP contribution in [0.1, 0.15) is 46.9 Å². The Labute approximate surface area is 234 Å². The molecule has 1 aromatic heterocycles. The van der Waals surface area contributed by atoms with E-state index in [9.17, 15) is 32.3 Å². The Hall–Kier alpha value is -4.03. The van der Waals surface area contributed by atoms with Crippen LogP contribution in [0.4, 0.5) is 17.6 Å². The number of methoxy groups -OCH3 is 1. The number of ketones is 1. The number of rotatable bonds is 12. The first kappa shape index (κ1) is 31.5. The minimum absolute atomic E-state index is 0.00846. The SMILES string of the molecule is COc1cc(C(=O)CC[C@@](O)(c2cc(C(C)(N)CF)cc(-c3ccc(C)cc3)n2)C(F)(F)F)ccc1OCC(N)=O. The Morgan fingerprint density at radius 3 is 2.24 bits per heavy atom. The number of carbonyl (C=O) groups excluding carboxylic acids is 2. The molecular formula is C29H31F4N3O5. The zero-order valence-electron chi connectivity index (χ0n) is 22.7. The van der Waals surface area contributed by atoms with Crippen molar-refractivity contribution in [1.29, 1.82) is 0 Å². The van der Waals surface area contributed by atoms with Gasteiger partial charge in [0.1, 0.15) is 6.67 Å². The number of aromatic nitrogens is 1. The van der Waals surface area contributed by atoms with Crippen LogP contribution in [0.5, 0.6) is 11.5 Å². The molecule has 8 nitrogen and oxygen atoms in total. The van der Waals surface area contributed by atoms with Crippen molar-refractivity contribution in [2.45, 2.75) is 44.0 Å². The number of hydrogen-bond donors (Lipinski definition) is 3. The molecule has 2 aromatic carbocycles. The summed E-state index contributed by atoms with van der Waals surface area (Å²) in [6.07, 6.45) is -7.08. The van der Waals surface area contributed by atoms with Gasteiger partial charge < -0.3 is 26.0 Å². The largest absolute Gasteiger partial charge is 0.493 e.